The summed E-state index contributed by atoms with van der Waals surface area (Å²) in [5.74, 6) is 1.60. The minimum atomic E-state index is 0. The van der Waals surface area contributed by atoms with Crippen molar-refractivity contribution < 1.29 is 25.2 Å². The minimum Gasteiger partial charge on any atom is -0.358 e. The topological polar surface area (TPSA) is 20.3 Å². The van der Waals surface area contributed by atoms with Crippen LogP contribution in [0.3, 0.4) is 0 Å². The van der Waals surface area contributed by atoms with Crippen LogP contribution in [-0.4, -0.2) is 30.3 Å². The zero-order valence-corrected chi connectivity index (χ0v) is 20.0. The number of hydrogen-bond acceptors (Lipinski definition) is 2. The predicted molar refractivity (Wildman–Crippen MR) is 107 cm³/mol. The second-order valence-electron chi connectivity index (χ2n) is 7.32. The second-order valence-corrected chi connectivity index (χ2v) is 7.32. The van der Waals surface area contributed by atoms with E-state index in [0.29, 0.717) is 5.92 Å². The van der Waals surface area contributed by atoms with E-state index >= 15 is 0 Å². The van der Waals surface area contributed by atoms with Gasteiger partial charge in [-0.2, -0.15) is 0 Å². The molecule has 0 N–H and O–H groups in total. The molecule has 0 amide bonds. The first-order valence-corrected chi connectivity index (χ1v) is 9.25. The molecule has 0 aromatic heterocycles. The van der Waals surface area contributed by atoms with Crippen LogP contribution in [0.1, 0.15) is 76.2 Å². The Hall–Kier alpha value is -0.488. The standard InChI is InChI=1S/C21H35NO.CH3.Re/c1-7-18(13-14-22(8-2)15-16(3)4)19-9-11-20(12-10-19)21(23)17(5)6;;/h9-12,16-18H,7-8,13-15H2,1-6H3;1H3;/q;-1;. The molecule has 25 heavy (non-hydrogen) atoms. The van der Waals surface area contributed by atoms with Crippen LogP contribution in [0, 0.1) is 19.3 Å². The van der Waals surface area contributed by atoms with Crippen LogP contribution in [0.2, 0.25) is 0 Å². The Bertz CT molecular complexity index is 467. The zero-order chi connectivity index (χ0) is 17.4. The zero-order valence-electron chi connectivity index (χ0n) is 17.3. The number of carbonyl (C=O) groups excluding carboxylic acids is 1. The molecule has 0 heterocycles. The molecular weight excluding hydrogens is 480 g/mol. The van der Waals surface area contributed by atoms with Crippen LogP contribution < -0.4 is 0 Å². The first-order valence-electron chi connectivity index (χ1n) is 9.25. The van der Waals surface area contributed by atoms with E-state index in [1.807, 2.05) is 26.0 Å². The van der Waals surface area contributed by atoms with Crippen LogP contribution in [-0.2, 0) is 20.4 Å². The molecular formula is C22H38NORe-. The molecule has 1 rings (SSSR count). The molecule has 0 fully saturated rings. The fraction of sp³-hybridized carbons (Fsp3) is 0.636. The SMILES string of the molecule is CCC(CCN(CC)CC(C)C)c1ccc(C(=O)C(C)C)cc1.[CH3-].[Re]. The molecule has 3 heteroatoms. The summed E-state index contributed by atoms with van der Waals surface area (Å²) < 4.78 is 0. The average molecular weight is 519 g/mol. The van der Waals surface area contributed by atoms with Gasteiger partial charge < -0.3 is 12.3 Å². The van der Waals surface area contributed by atoms with Crippen LogP contribution in [0.5, 0.6) is 0 Å². The Labute approximate surface area is 170 Å². The van der Waals surface area contributed by atoms with Crippen molar-refractivity contribution in [3.8, 4) is 0 Å². The number of nitrogens with zero attached hydrogens (tertiary/aromatic N) is 1. The maximum Gasteiger partial charge on any atom is 0.165 e. The van der Waals surface area contributed by atoms with Gasteiger partial charge in [-0.15, -0.1) is 0 Å². The van der Waals surface area contributed by atoms with Crippen molar-refractivity contribution in [1.29, 1.82) is 0 Å². The summed E-state index contributed by atoms with van der Waals surface area (Å²) in [6, 6.07) is 8.32. The predicted octanol–water partition coefficient (Wildman–Crippen LogP) is 5.83. The molecule has 0 aliphatic heterocycles. The number of rotatable bonds is 10. The summed E-state index contributed by atoms with van der Waals surface area (Å²) in [5.41, 5.74) is 2.21. The Morgan fingerprint density at radius 3 is 2.00 bits per heavy atom. The molecule has 0 aliphatic carbocycles. The third-order valence-electron chi connectivity index (χ3n) is 4.55. The van der Waals surface area contributed by atoms with Crippen LogP contribution >= 0.6 is 0 Å². The number of carbonyl (C=O) groups is 1. The monoisotopic (exact) mass is 519 g/mol. The number of ketones is 1. The van der Waals surface area contributed by atoms with E-state index in [0.717, 1.165) is 31.0 Å². The summed E-state index contributed by atoms with van der Waals surface area (Å²) in [6.07, 6.45) is 2.34. The van der Waals surface area contributed by atoms with E-state index in [1.165, 1.54) is 18.5 Å². The fourth-order valence-electron chi connectivity index (χ4n) is 3.09. The van der Waals surface area contributed by atoms with E-state index in [9.17, 15) is 4.79 Å². The molecule has 0 saturated heterocycles. The molecule has 0 aliphatic rings. The molecule has 1 aromatic carbocycles. The van der Waals surface area contributed by atoms with Gasteiger partial charge in [0.05, 0.1) is 0 Å². The first kappa shape index (κ1) is 26.7. The first-order chi connectivity index (χ1) is 10.9. The Morgan fingerprint density at radius 2 is 1.60 bits per heavy atom. The van der Waals surface area contributed by atoms with Crippen LogP contribution in [0.4, 0.5) is 0 Å². The summed E-state index contributed by atoms with van der Waals surface area (Å²) in [7, 11) is 0. The molecule has 145 valence electrons. The van der Waals surface area contributed by atoms with Crippen molar-refractivity contribution in [3.05, 3.63) is 42.8 Å². The number of hydrogen-bond donors (Lipinski definition) is 0. The Morgan fingerprint density at radius 1 is 1.04 bits per heavy atom. The van der Waals surface area contributed by atoms with Gasteiger partial charge in [0.15, 0.2) is 5.78 Å². The molecule has 1 unspecified atom stereocenters. The van der Waals surface area contributed by atoms with E-state index in [1.54, 1.807) is 0 Å². The maximum atomic E-state index is 12.0. The van der Waals surface area contributed by atoms with E-state index in [-0.39, 0.29) is 39.6 Å². The molecule has 0 spiro atoms. The average Bonchev–Trinajstić information content (AvgIpc) is 2.53. The van der Waals surface area contributed by atoms with Crippen molar-refractivity contribution >= 4 is 5.78 Å². The Kier molecular flexibility index (Phi) is 14.6. The molecule has 1 atom stereocenters. The van der Waals surface area contributed by atoms with Crippen LogP contribution in [0.25, 0.3) is 0 Å². The van der Waals surface area contributed by atoms with Crippen molar-refractivity contribution in [1.82, 2.24) is 4.90 Å². The van der Waals surface area contributed by atoms with Gasteiger partial charge in [-0.05, 0) is 43.3 Å². The van der Waals surface area contributed by atoms with Crippen molar-refractivity contribution in [2.45, 2.75) is 60.3 Å². The van der Waals surface area contributed by atoms with Gasteiger partial charge in [0.2, 0.25) is 0 Å². The molecule has 0 saturated carbocycles. The fourth-order valence-corrected chi connectivity index (χ4v) is 3.09. The smallest absolute Gasteiger partial charge is 0.165 e. The summed E-state index contributed by atoms with van der Waals surface area (Å²) >= 11 is 0. The van der Waals surface area contributed by atoms with Gasteiger partial charge in [-0.1, -0.05) is 65.8 Å². The van der Waals surface area contributed by atoms with E-state index in [2.05, 4.69) is 44.7 Å². The van der Waals surface area contributed by atoms with Gasteiger partial charge in [0.25, 0.3) is 0 Å². The molecule has 2 nitrogen and oxygen atoms in total. The van der Waals surface area contributed by atoms with Crippen molar-refractivity contribution in [2.24, 2.45) is 11.8 Å². The number of Topliss-reactive ketones (excluding diaryl/α,β-unsaturated/α-hetero) is 1. The van der Waals surface area contributed by atoms with E-state index < -0.39 is 0 Å². The van der Waals surface area contributed by atoms with Gasteiger partial charge in [0.1, 0.15) is 0 Å². The van der Waals surface area contributed by atoms with Gasteiger partial charge >= 0.3 is 0 Å². The summed E-state index contributed by atoms with van der Waals surface area (Å²) in [5, 5.41) is 0. The van der Waals surface area contributed by atoms with Gasteiger partial charge in [-0.25, -0.2) is 0 Å². The minimum absolute atomic E-state index is 0. The summed E-state index contributed by atoms with van der Waals surface area (Å²) in [6.45, 7) is 16.4. The van der Waals surface area contributed by atoms with Crippen molar-refractivity contribution in [2.75, 3.05) is 19.6 Å². The van der Waals surface area contributed by atoms with Crippen molar-refractivity contribution in [3.63, 3.8) is 0 Å². The Balaban J connectivity index is 0. The van der Waals surface area contributed by atoms with E-state index in [4.69, 9.17) is 0 Å². The normalized spacial score (nSPS) is 12.0. The maximum absolute atomic E-state index is 12.0. The second kappa shape index (κ2) is 13.7. The summed E-state index contributed by atoms with van der Waals surface area (Å²) in [4.78, 5) is 14.6. The molecule has 1 radical (unpaired) electrons. The number of benzene rings is 1. The van der Waals surface area contributed by atoms with Gasteiger partial charge in [-0.3, -0.25) is 4.79 Å². The van der Waals surface area contributed by atoms with Gasteiger partial charge in [0, 0.05) is 38.4 Å². The van der Waals surface area contributed by atoms with Crippen LogP contribution in [0.15, 0.2) is 24.3 Å². The third-order valence-corrected chi connectivity index (χ3v) is 4.55. The quantitative estimate of drug-likeness (QED) is 0.287. The molecule has 0 bridgehead atoms. The third kappa shape index (κ3) is 9.14. The largest absolute Gasteiger partial charge is 0.358 e. The molecule has 1 aromatic rings.